The molecule has 0 bridgehead atoms. The molecule has 11 heavy (non-hydrogen) atoms. The number of rotatable bonds is 2. The van der Waals surface area contributed by atoms with Gasteiger partial charge in [-0.1, -0.05) is 5.16 Å². The molecule has 3 nitrogen and oxygen atoms in total. The minimum Gasteiger partial charge on any atom is -0.361 e. The van der Waals surface area contributed by atoms with E-state index in [0.29, 0.717) is 5.75 Å². The molecule has 0 fully saturated rings. The molecule has 0 unspecified atom stereocenters. The molecule has 1 rings (SSSR count). The van der Waals surface area contributed by atoms with Crippen molar-refractivity contribution in [3.05, 3.63) is 17.0 Å². The molecule has 0 saturated heterocycles. The zero-order valence-corrected chi connectivity index (χ0v) is 7.23. The van der Waals surface area contributed by atoms with Crippen LogP contribution in [0.4, 0.5) is 0 Å². The standard InChI is InChI=1S/C7H8N2OS/c1-5-7(3-11-4-8)6(2)10-9-5/h3H2,1-2H3. The van der Waals surface area contributed by atoms with E-state index < -0.39 is 0 Å². The number of hydrogen-bond acceptors (Lipinski definition) is 4. The van der Waals surface area contributed by atoms with Crippen LogP contribution < -0.4 is 0 Å². The molecule has 0 saturated carbocycles. The summed E-state index contributed by atoms with van der Waals surface area (Å²) < 4.78 is 4.92. The minimum absolute atomic E-state index is 0.664. The quantitative estimate of drug-likeness (QED) is 0.634. The third kappa shape index (κ3) is 1.75. The van der Waals surface area contributed by atoms with Gasteiger partial charge in [-0.3, -0.25) is 0 Å². The first-order valence-electron chi connectivity index (χ1n) is 3.18. The van der Waals surface area contributed by atoms with Crippen molar-refractivity contribution >= 4 is 11.8 Å². The topological polar surface area (TPSA) is 49.8 Å². The first-order valence-corrected chi connectivity index (χ1v) is 4.17. The fourth-order valence-electron chi connectivity index (χ4n) is 0.812. The lowest BCUT2D eigenvalue weighted by atomic mass is 10.2. The van der Waals surface area contributed by atoms with Gasteiger partial charge in [-0.25, -0.2) is 0 Å². The van der Waals surface area contributed by atoms with Crippen LogP contribution in [0.1, 0.15) is 17.0 Å². The molecule has 4 heteroatoms. The molecule has 0 atom stereocenters. The molecule has 0 aromatic carbocycles. The first-order chi connectivity index (χ1) is 5.25. The first kappa shape index (κ1) is 8.15. The van der Waals surface area contributed by atoms with Crippen LogP contribution in [0.25, 0.3) is 0 Å². The molecular formula is C7H8N2OS. The number of aromatic nitrogens is 1. The Morgan fingerprint density at radius 2 is 2.36 bits per heavy atom. The third-order valence-electron chi connectivity index (χ3n) is 1.46. The number of nitriles is 1. The summed E-state index contributed by atoms with van der Waals surface area (Å²) in [5.74, 6) is 1.47. The van der Waals surface area contributed by atoms with Crippen LogP contribution in [-0.2, 0) is 5.75 Å². The van der Waals surface area contributed by atoms with Crippen molar-refractivity contribution in [3.8, 4) is 5.40 Å². The maximum atomic E-state index is 8.31. The summed E-state index contributed by atoms with van der Waals surface area (Å²) in [6, 6.07) is 0. The number of thioether (sulfide) groups is 1. The zero-order valence-electron chi connectivity index (χ0n) is 6.42. The minimum atomic E-state index is 0.664. The summed E-state index contributed by atoms with van der Waals surface area (Å²) in [5.41, 5.74) is 1.92. The van der Waals surface area contributed by atoms with Gasteiger partial charge in [-0.15, -0.1) is 0 Å². The number of thiocyanates is 1. The van der Waals surface area contributed by atoms with Gasteiger partial charge < -0.3 is 4.52 Å². The molecule has 1 aromatic rings. The van der Waals surface area contributed by atoms with Crippen LogP contribution >= 0.6 is 11.8 Å². The summed E-state index contributed by atoms with van der Waals surface area (Å²) in [6.45, 7) is 3.73. The fourth-order valence-corrected chi connectivity index (χ4v) is 1.43. The van der Waals surface area contributed by atoms with Crippen molar-refractivity contribution < 1.29 is 4.52 Å². The SMILES string of the molecule is Cc1noc(C)c1CSC#N. The lowest BCUT2D eigenvalue weighted by Crippen LogP contribution is -1.82. The van der Waals surface area contributed by atoms with Crippen molar-refractivity contribution in [2.45, 2.75) is 19.6 Å². The second-order valence-corrected chi connectivity index (χ2v) is 2.94. The molecule has 0 N–H and O–H groups in total. The van der Waals surface area contributed by atoms with Crippen molar-refractivity contribution in [3.63, 3.8) is 0 Å². The van der Waals surface area contributed by atoms with Crippen LogP contribution in [0.2, 0.25) is 0 Å². The molecule has 0 spiro atoms. The van der Waals surface area contributed by atoms with Gasteiger partial charge in [0, 0.05) is 11.3 Å². The van der Waals surface area contributed by atoms with Gasteiger partial charge in [0.25, 0.3) is 0 Å². The molecule has 58 valence electrons. The Kier molecular flexibility index (Phi) is 2.55. The average molecular weight is 168 g/mol. The van der Waals surface area contributed by atoms with Gasteiger partial charge >= 0.3 is 0 Å². The van der Waals surface area contributed by atoms with Gasteiger partial charge in [-0.05, 0) is 25.6 Å². The Hall–Kier alpha value is -0.950. The van der Waals surface area contributed by atoms with Gasteiger partial charge in [0.15, 0.2) is 0 Å². The Balaban J connectivity index is 2.77. The van der Waals surface area contributed by atoms with Crippen LogP contribution in [-0.4, -0.2) is 5.16 Å². The summed E-state index contributed by atoms with van der Waals surface area (Å²) in [4.78, 5) is 0. The Morgan fingerprint density at radius 3 is 2.82 bits per heavy atom. The highest BCUT2D eigenvalue weighted by atomic mass is 32.2. The highest BCUT2D eigenvalue weighted by Gasteiger charge is 2.07. The van der Waals surface area contributed by atoms with E-state index >= 15 is 0 Å². The molecule has 0 aliphatic heterocycles. The summed E-state index contributed by atoms with van der Waals surface area (Å²) >= 11 is 1.20. The lowest BCUT2D eigenvalue weighted by molar-refractivity contribution is 0.392. The normalized spacial score (nSPS) is 9.55. The average Bonchev–Trinajstić information content (AvgIpc) is 2.29. The van der Waals surface area contributed by atoms with Gasteiger partial charge in [0.05, 0.1) is 5.69 Å². The predicted molar refractivity (Wildman–Crippen MR) is 42.9 cm³/mol. The Bertz CT molecular complexity index is 268. The molecule has 0 aliphatic carbocycles. The van der Waals surface area contributed by atoms with E-state index in [1.807, 2.05) is 19.2 Å². The molecule has 0 amide bonds. The van der Waals surface area contributed by atoms with E-state index in [-0.39, 0.29) is 0 Å². The molecule has 0 radical (unpaired) electrons. The predicted octanol–water partition coefficient (Wildman–Crippen LogP) is 2.01. The maximum absolute atomic E-state index is 8.31. The van der Waals surface area contributed by atoms with Crippen LogP contribution in [0, 0.1) is 24.5 Å². The Labute approximate surface area is 69.4 Å². The fraction of sp³-hybridized carbons (Fsp3) is 0.429. The molecule has 1 heterocycles. The summed E-state index contributed by atoms with van der Waals surface area (Å²) in [6.07, 6.45) is 0. The van der Waals surface area contributed by atoms with E-state index in [1.165, 1.54) is 11.8 Å². The number of aryl methyl sites for hydroxylation is 2. The van der Waals surface area contributed by atoms with Crippen molar-refractivity contribution in [2.24, 2.45) is 0 Å². The highest BCUT2D eigenvalue weighted by molar-refractivity contribution is 8.02. The lowest BCUT2D eigenvalue weighted by Gasteiger charge is -1.90. The van der Waals surface area contributed by atoms with E-state index in [2.05, 4.69) is 5.16 Å². The van der Waals surface area contributed by atoms with Gasteiger partial charge in [0.1, 0.15) is 11.2 Å². The van der Waals surface area contributed by atoms with Crippen molar-refractivity contribution in [1.29, 1.82) is 5.26 Å². The van der Waals surface area contributed by atoms with E-state index in [0.717, 1.165) is 17.0 Å². The number of hydrogen-bond donors (Lipinski definition) is 0. The third-order valence-corrected chi connectivity index (χ3v) is 2.02. The smallest absolute Gasteiger partial charge is 0.137 e. The molecular weight excluding hydrogens is 160 g/mol. The second-order valence-electron chi connectivity index (χ2n) is 2.18. The van der Waals surface area contributed by atoms with E-state index in [9.17, 15) is 0 Å². The van der Waals surface area contributed by atoms with Crippen molar-refractivity contribution in [2.75, 3.05) is 0 Å². The van der Waals surface area contributed by atoms with Gasteiger partial charge in [0.2, 0.25) is 0 Å². The Morgan fingerprint density at radius 1 is 1.64 bits per heavy atom. The van der Waals surface area contributed by atoms with Crippen LogP contribution in [0.5, 0.6) is 0 Å². The van der Waals surface area contributed by atoms with Gasteiger partial charge in [-0.2, -0.15) is 5.26 Å². The van der Waals surface area contributed by atoms with E-state index in [4.69, 9.17) is 9.78 Å². The highest BCUT2D eigenvalue weighted by Crippen LogP contribution is 2.18. The molecule has 1 aromatic heterocycles. The van der Waals surface area contributed by atoms with Crippen LogP contribution in [0.3, 0.4) is 0 Å². The van der Waals surface area contributed by atoms with Crippen LogP contribution in [0.15, 0.2) is 4.52 Å². The maximum Gasteiger partial charge on any atom is 0.137 e. The van der Waals surface area contributed by atoms with E-state index in [1.54, 1.807) is 0 Å². The monoisotopic (exact) mass is 168 g/mol. The summed E-state index contributed by atoms with van der Waals surface area (Å²) in [5, 5.41) is 14.1. The molecule has 0 aliphatic rings. The zero-order chi connectivity index (χ0) is 8.27. The second kappa shape index (κ2) is 3.44. The summed E-state index contributed by atoms with van der Waals surface area (Å²) in [7, 11) is 0. The van der Waals surface area contributed by atoms with Crippen molar-refractivity contribution in [1.82, 2.24) is 5.16 Å². The number of nitrogens with zero attached hydrogens (tertiary/aromatic N) is 2. The largest absolute Gasteiger partial charge is 0.361 e.